The molecule has 1 saturated heterocycles. The first kappa shape index (κ1) is 10.2. The van der Waals surface area contributed by atoms with Gasteiger partial charge in [-0.15, -0.1) is 0 Å². The van der Waals surface area contributed by atoms with Crippen LogP contribution in [0, 0.1) is 11.8 Å². The number of Topliss-reactive ketones (excluding diaryl/α,β-unsaturated/α-hetero) is 1. The Balaban J connectivity index is 2.53. The van der Waals surface area contributed by atoms with Crippen molar-refractivity contribution < 1.29 is 14.3 Å². The van der Waals surface area contributed by atoms with Crippen LogP contribution in [0.3, 0.4) is 0 Å². The number of carbonyl (C=O) groups is 2. The van der Waals surface area contributed by atoms with Crippen LogP contribution < -0.4 is 5.32 Å². The van der Waals surface area contributed by atoms with Crippen LogP contribution >= 0.6 is 0 Å². The van der Waals surface area contributed by atoms with E-state index in [2.05, 4.69) is 10.1 Å². The molecule has 4 nitrogen and oxygen atoms in total. The summed E-state index contributed by atoms with van der Waals surface area (Å²) in [6.45, 7) is 2.91. The summed E-state index contributed by atoms with van der Waals surface area (Å²) < 4.78 is 4.66. The van der Waals surface area contributed by atoms with Gasteiger partial charge in [-0.2, -0.15) is 0 Å². The van der Waals surface area contributed by atoms with Gasteiger partial charge in [0.25, 0.3) is 0 Å². The fourth-order valence-electron chi connectivity index (χ4n) is 1.74. The van der Waals surface area contributed by atoms with Gasteiger partial charge in [0.05, 0.1) is 13.0 Å². The zero-order valence-corrected chi connectivity index (χ0v) is 8.00. The van der Waals surface area contributed by atoms with E-state index >= 15 is 0 Å². The molecule has 1 rings (SSSR count). The van der Waals surface area contributed by atoms with Crippen LogP contribution in [0.2, 0.25) is 0 Å². The highest BCUT2D eigenvalue weighted by atomic mass is 16.5. The molecular weight excluding hydrogens is 170 g/mol. The SMILES string of the molecule is COC(=O)C1CNCC1CC(C)=O. The molecule has 1 aliphatic heterocycles. The lowest BCUT2D eigenvalue weighted by Crippen LogP contribution is -2.25. The van der Waals surface area contributed by atoms with Crippen molar-refractivity contribution in [2.45, 2.75) is 13.3 Å². The van der Waals surface area contributed by atoms with Gasteiger partial charge < -0.3 is 14.8 Å². The molecule has 1 aliphatic rings. The van der Waals surface area contributed by atoms with Crippen molar-refractivity contribution in [3.8, 4) is 0 Å². The van der Waals surface area contributed by atoms with Crippen molar-refractivity contribution in [3.05, 3.63) is 0 Å². The van der Waals surface area contributed by atoms with Crippen molar-refractivity contribution in [2.75, 3.05) is 20.2 Å². The Morgan fingerprint density at radius 1 is 1.46 bits per heavy atom. The van der Waals surface area contributed by atoms with E-state index in [1.807, 2.05) is 0 Å². The van der Waals surface area contributed by atoms with Gasteiger partial charge in [-0.25, -0.2) is 0 Å². The maximum atomic E-state index is 11.2. The molecule has 1 heterocycles. The minimum absolute atomic E-state index is 0.116. The van der Waals surface area contributed by atoms with Gasteiger partial charge >= 0.3 is 5.97 Å². The first-order valence-electron chi connectivity index (χ1n) is 4.43. The Labute approximate surface area is 77.6 Å². The summed E-state index contributed by atoms with van der Waals surface area (Å²) in [6.07, 6.45) is 0.465. The number of hydrogen-bond acceptors (Lipinski definition) is 4. The van der Waals surface area contributed by atoms with Gasteiger partial charge in [-0.1, -0.05) is 0 Å². The molecule has 0 aromatic rings. The van der Waals surface area contributed by atoms with Gasteiger partial charge in [-0.05, 0) is 19.4 Å². The zero-order chi connectivity index (χ0) is 9.84. The summed E-state index contributed by atoms with van der Waals surface area (Å²) in [5.74, 6) is -0.113. The highest BCUT2D eigenvalue weighted by Gasteiger charge is 2.34. The third-order valence-corrected chi connectivity index (χ3v) is 2.39. The molecule has 0 bridgehead atoms. The summed E-state index contributed by atoms with van der Waals surface area (Å²) in [4.78, 5) is 22.1. The second-order valence-electron chi connectivity index (χ2n) is 3.45. The van der Waals surface area contributed by atoms with Gasteiger partial charge in [-0.3, -0.25) is 4.79 Å². The van der Waals surface area contributed by atoms with E-state index in [1.54, 1.807) is 6.92 Å². The largest absolute Gasteiger partial charge is 0.469 e. The molecule has 13 heavy (non-hydrogen) atoms. The molecule has 0 spiro atoms. The molecule has 2 atom stereocenters. The molecule has 0 radical (unpaired) electrons. The van der Waals surface area contributed by atoms with E-state index in [0.29, 0.717) is 13.0 Å². The Bertz CT molecular complexity index is 215. The molecule has 0 aromatic carbocycles. The molecular formula is C9H15NO3. The van der Waals surface area contributed by atoms with Gasteiger partial charge in [0.2, 0.25) is 0 Å². The normalized spacial score (nSPS) is 27.2. The number of carbonyl (C=O) groups excluding carboxylic acids is 2. The zero-order valence-electron chi connectivity index (χ0n) is 8.00. The molecule has 0 aromatic heterocycles. The average molecular weight is 185 g/mol. The number of nitrogens with one attached hydrogen (secondary N) is 1. The van der Waals surface area contributed by atoms with Crippen LogP contribution in [0.5, 0.6) is 0 Å². The Morgan fingerprint density at radius 3 is 2.69 bits per heavy atom. The fourth-order valence-corrected chi connectivity index (χ4v) is 1.74. The number of esters is 1. The first-order chi connectivity index (χ1) is 6.15. The van der Waals surface area contributed by atoms with Crippen molar-refractivity contribution in [3.63, 3.8) is 0 Å². The van der Waals surface area contributed by atoms with Gasteiger partial charge in [0.15, 0.2) is 0 Å². The molecule has 2 unspecified atom stereocenters. The minimum atomic E-state index is -0.212. The Hall–Kier alpha value is -0.900. The molecule has 0 amide bonds. The number of methoxy groups -OCH3 is 1. The highest BCUT2D eigenvalue weighted by Crippen LogP contribution is 2.21. The number of rotatable bonds is 3. The van der Waals surface area contributed by atoms with Crippen molar-refractivity contribution in [1.29, 1.82) is 0 Å². The lowest BCUT2D eigenvalue weighted by molar-refractivity contribution is -0.146. The summed E-state index contributed by atoms with van der Waals surface area (Å²) in [5, 5.41) is 3.09. The smallest absolute Gasteiger partial charge is 0.310 e. The second-order valence-corrected chi connectivity index (χ2v) is 3.45. The summed E-state index contributed by atoms with van der Waals surface area (Å²) >= 11 is 0. The van der Waals surface area contributed by atoms with Crippen LogP contribution in [-0.2, 0) is 14.3 Å². The molecule has 4 heteroatoms. The topological polar surface area (TPSA) is 55.4 Å². The van der Waals surface area contributed by atoms with Gasteiger partial charge in [0.1, 0.15) is 5.78 Å². The lowest BCUT2D eigenvalue weighted by atomic mass is 9.91. The predicted octanol–water partition coefficient (Wildman–Crippen LogP) is -0.0259. The van der Waals surface area contributed by atoms with E-state index in [4.69, 9.17) is 0 Å². The predicted molar refractivity (Wildman–Crippen MR) is 47.2 cm³/mol. The number of hydrogen-bond donors (Lipinski definition) is 1. The minimum Gasteiger partial charge on any atom is -0.469 e. The third-order valence-electron chi connectivity index (χ3n) is 2.39. The monoisotopic (exact) mass is 185 g/mol. The maximum absolute atomic E-state index is 11.2. The summed E-state index contributed by atoms with van der Waals surface area (Å²) in [7, 11) is 1.38. The lowest BCUT2D eigenvalue weighted by Gasteiger charge is -2.14. The van der Waals surface area contributed by atoms with Crippen LogP contribution in [0.1, 0.15) is 13.3 Å². The Kier molecular flexibility index (Phi) is 3.42. The Morgan fingerprint density at radius 2 is 2.15 bits per heavy atom. The molecule has 1 N–H and O–H groups in total. The van der Waals surface area contributed by atoms with E-state index < -0.39 is 0 Å². The number of ketones is 1. The molecule has 0 saturated carbocycles. The van der Waals surface area contributed by atoms with E-state index in [-0.39, 0.29) is 23.6 Å². The standard InChI is InChI=1S/C9H15NO3/c1-6(11)3-7-4-10-5-8(7)9(12)13-2/h7-8,10H,3-5H2,1-2H3. The molecule has 1 fully saturated rings. The maximum Gasteiger partial charge on any atom is 0.310 e. The summed E-state index contributed by atoms with van der Waals surface area (Å²) in [6, 6.07) is 0. The first-order valence-corrected chi connectivity index (χ1v) is 4.43. The van der Waals surface area contributed by atoms with E-state index in [0.717, 1.165) is 6.54 Å². The fraction of sp³-hybridized carbons (Fsp3) is 0.778. The van der Waals surface area contributed by atoms with Crippen LogP contribution in [0.4, 0.5) is 0 Å². The van der Waals surface area contributed by atoms with E-state index in [1.165, 1.54) is 7.11 Å². The average Bonchev–Trinajstić information content (AvgIpc) is 2.50. The van der Waals surface area contributed by atoms with Crippen LogP contribution in [0.25, 0.3) is 0 Å². The molecule has 74 valence electrons. The quantitative estimate of drug-likeness (QED) is 0.627. The van der Waals surface area contributed by atoms with E-state index in [9.17, 15) is 9.59 Å². The van der Waals surface area contributed by atoms with Crippen molar-refractivity contribution in [1.82, 2.24) is 5.32 Å². The second kappa shape index (κ2) is 4.37. The van der Waals surface area contributed by atoms with Crippen LogP contribution in [-0.4, -0.2) is 32.0 Å². The van der Waals surface area contributed by atoms with Crippen molar-refractivity contribution in [2.24, 2.45) is 11.8 Å². The highest BCUT2D eigenvalue weighted by molar-refractivity contribution is 5.78. The van der Waals surface area contributed by atoms with Crippen LogP contribution in [0.15, 0.2) is 0 Å². The van der Waals surface area contributed by atoms with Crippen molar-refractivity contribution >= 4 is 11.8 Å². The third kappa shape index (κ3) is 2.52. The molecule has 0 aliphatic carbocycles. The number of ether oxygens (including phenoxy) is 1. The van der Waals surface area contributed by atoms with Gasteiger partial charge in [0, 0.05) is 13.0 Å². The summed E-state index contributed by atoms with van der Waals surface area (Å²) in [5.41, 5.74) is 0.